The Morgan fingerprint density at radius 3 is 2.31 bits per heavy atom. The average Bonchev–Trinajstić information content (AvgIpc) is 2.08. The number of hydrogen-bond acceptors (Lipinski definition) is 2. The molecule has 2 nitrogen and oxygen atoms in total. The predicted octanol–water partition coefficient (Wildman–Crippen LogP) is 1.88. The Hall–Kier alpha value is -0.0800. The zero-order chi connectivity index (χ0) is 9.73. The average molecular weight is 185 g/mol. The van der Waals surface area contributed by atoms with E-state index in [0.29, 0.717) is 12.0 Å². The first kappa shape index (κ1) is 11.0. The topological polar surface area (TPSA) is 23.5 Å². The van der Waals surface area contributed by atoms with Gasteiger partial charge in [-0.2, -0.15) is 0 Å². The molecule has 2 heteroatoms. The van der Waals surface area contributed by atoms with E-state index >= 15 is 0 Å². The molecular formula is C11H23NO. The molecule has 1 heterocycles. The molecule has 0 atom stereocenters. The molecule has 1 saturated heterocycles. The van der Waals surface area contributed by atoms with E-state index in [1.807, 2.05) is 0 Å². The van der Waals surface area contributed by atoms with Gasteiger partial charge < -0.3 is 10.0 Å². The number of aliphatic hydroxyl groups is 1. The first-order valence-corrected chi connectivity index (χ1v) is 5.47. The molecule has 1 N–H and O–H groups in total. The van der Waals surface area contributed by atoms with Crippen LogP contribution in [0.15, 0.2) is 0 Å². The lowest BCUT2D eigenvalue weighted by Crippen LogP contribution is -2.37. The van der Waals surface area contributed by atoms with Crippen LogP contribution < -0.4 is 0 Å². The number of nitrogens with zero attached hydrogens (tertiary/aromatic N) is 1. The van der Waals surface area contributed by atoms with Crippen LogP contribution in [-0.4, -0.2) is 36.2 Å². The Morgan fingerprint density at radius 1 is 1.15 bits per heavy atom. The van der Waals surface area contributed by atoms with Gasteiger partial charge in [-0.25, -0.2) is 0 Å². The Morgan fingerprint density at radius 2 is 1.77 bits per heavy atom. The molecule has 13 heavy (non-hydrogen) atoms. The quantitative estimate of drug-likeness (QED) is 0.676. The van der Waals surface area contributed by atoms with Gasteiger partial charge in [-0.05, 0) is 50.7 Å². The van der Waals surface area contributed by atoms with E-state index in [-0.39, 0.29) is 0 Å². The summed E-state index contributed by atoms with van der Waals surface area (Å²) in [7, 11) is 0. The van der Waals surface area contributed by atoms with E-state index in [1.54, 1.807) is 0 Å². The van der Waals surface area contributed by atoms with E-state index in [4.69, 9.17) is 5.11 Å². The summed E-state index contributed by atoms with van der Waals surface area (Å²) in [6.45, 7) is 8.74. The summed E-state index contributed by atoms with van der Waals surface area (Å²) in [5.74, 6) is 0. The highest BCUT2D eigenvalue weighted by atomic mass is 16.2. The fourth-order valence-electron chi connectivity index (χ4n) is 1.83. The fourth-order valence-corrected chi connectivity index (χ4v) is 1.83. The van der Waals surface area contributed by atoms with Crippen LogP contribution in [0.5, 0.6) is 0 Å². The summed E-state index contributed by atoms with van der Waals surface area (Å²) in [5.41, 5.74) is 0.563. The van der Waals surface area contributed by atoms with Crippen LogP contribution in [0.3, 0.4) is 0 Å². The summed E-state index contributed by atoms with van der Waals surface area (Å²) < 4.78 is 0. The number of rotatable bonds is 4. The zero-order valence-corrected chi connectivity index (χ0v) is 9.05. The predicted molar refractivity (Wildman–Crippen MR) is 55.8 cm³/mol. The molecule has 1 rings (SSSR count). The molecule has 0 aliphatic carbocycles. The van der Waals surface area contributed by atoms with E-state index in [2.05, 4.69) is 18.7 Å². The molecule has 1 aliphatic heterocycles. The first-order valence-electron chi connectivity index (χ1n) is 5.47. The maximum atomic E-state index is 8.66. The van der Waals surface area contributed by atoms with Crippen molar-refractivity contribution < 1.29 is 5.11 Å². The van der Waals surface area contributed by atoms with Crippen molar-refractivity contribution in [1.82, 2.24) is 4.90 Å². The zero-order valence-electron chi connectivity index (χ0n) is 9.05. The minimum Gasteiger partial charge on any atom is -0.396 e. The molecule has 0 aromatic rings. The lowest BCUT2D eigenvalue weighted by Gasteiger charge is -2.36. The van der Waals surface area contributed by atoms with Gasteiger partial charge in [-0.1, -0.05) is 13.8 Å². The van der Waals surface area contributed by atoms with Crippen molar-refractivity contribution in [2.45, 2.75) is 39.5 Å². The van der Waals surface area contributed by atoms with Crippen LogP contribution in [-0.2, 0) is 0 Å². The van der Waals surface area contributed by atoms with Gasteiger partial charge in [0.1, 0.15) is 0 Å². The summed E-state index contributed by atoms with van der Waals surface area (Å²) in [5, 5.41) is 8.66. The fraction of sp³-hybridized carbons (Fsp3) is 1.00. The first-order chi connectivity index (χ1) is 6.14. The van der Waals surface area contributed by atoms with Crippen molar-refractivity contribution in [1.29, 1.82) is 0 Å². The van der Waals surface area contributed by atoms with Crippen molar-refractivity contribution in [3.8, 4) is 0 Å². The molecule has 0 aromatic carbocycles. The second-order valence-corrected chi connectivity index (χ2v) is 4.94. The molecule has 0 radical (unpaired) electrons. The van der Waals surface area contributed by atoms with Crippen LogP contribution in [0, 0.1) is 5.41 Å². The number of hydrogen-bond donors (Lipinski definition) is 1. The SMILES string of the molecule is CC1(C)CCN(CCCCO)CC1. The summed E-state index contributed by atoms with van der Waals surface area (Å²) >= 11 is 0. The normalized spacial score (nSPS) is 23.3. The lowest BCUT2D eigenvalue weighted by molar-refractivity contribution is 0.128. The Balaban J connectivity index is 2.11. The van der Waals surface area contributed by atoms with Crippen molar-refractivity contribution in [2.75, 3.05) is 26.2 Å². The summed E-state index contributed by atoms with van der Waals surface area (Å²) in [6, 6.07) is 0. The third kappa shape index (κ3) is 4.10. The van der Waals surface area contributed by atoms with Crippen LogP contribution in [0.1, 0.15) is 39.5 Å². The Kier molecular flexibility index (Phi) is 4.20. The van der Waals surface area contributed by atoms with Crippen molar-refractivity contribution >= 4 is 0 Å². The minimum absolute atomic E-state index is 0.347. The highest BCUT2D eigenvalue weighted by Crippen LogP contribution is 2.29. The highest BCUT2D eigenvalue weighted by molar-refractivity contribution is 4.78. The molecule has 0 saturated carbocycles. The van der Waals surface area contributed by atoms with E-state index in [9.17, 15) is 0 Å². The third-order valence-electron chi connectivity index (χ3n) is 3.09. The number of piperidine rings is 1. The van der Waals surface area contributed by atoms with Gasteiger partial charge in [0.05, 0.1) is 0 Å². The maximum Gasteiger partial charge on any atom is 0.0431 e. The van der Waals surface area contributed by atoms with Crippen LogP contribution in [0.2, 0.25) is 0 Å². The molecule has 0 bridgehead atoms. The number of aliphatic hydroxyl groups excluding tert-OH is 1. The monoisotopic (exact) mass is 185 g/mol. The van der Waals surface area contributed by atoms with Gasteiger partial charge in [0.15, 0.2) is 0 Å². The van der Waals surface area contributed by atoms with Crippen LogP contribution >= 0.6 is 0 Å². The van der Waals surface area contributed by atoms with Gasteiger partial charge in [0.25, 0.3) is 0 Å². The lowest BCUT2D eigenvalue weighted by atomic mass is 9.83. The van der Waals surface area contributed by atoms with Crippen LogP contribution in [0.25, 0.3) is 0 Å². The largest absolute Gasteiger partial charge is 0.396 e. The van der Waals surface area contributed by atoms with Crippen molar-refractivity contribution in [3.63, 3.8) is 0 Å². The minimum atomic E-state index is 0.347. The second-order valence-electron chi connectivity index (χ2n) is 4.94. The Labute approximate surface area is 81.9 Å². The summed E-state index contributed by atoms with van der Waals surface area (Å²) in [4.78, 5) is 2.53. The van der Waals surface area contributed by atoms with Gasteiger partial charge >= 0.3 is 0 Å². The third-order valence-corrected chi connectivity index (χ3v) is 3.09. The van der Waals surface area contributed by atoms with Gasteiger partial charge in [0.2, 0.25) is 0 Å². The molecular weight excluding hydrogens is 162 g/mol. The van der Waals surface area contributed by atoms with Crippen LogP contribution in [0.4, 0.5) is 0 Å². The molecule has 0 aromatic heterocycles. The molecule has 0 amide bonds. The molecule has 0 unspecified atom stereocenters. The second kappa shape index (κ2) is 4.97. The molecule has 1 aliphatic rings. The van der Waals surface area contributed by atoms with Crippen molar-refractivity contribution in [3.05, 3.63) is 0 Å². The van der Waals surface area contributed by atoms with Gasteiger partial charge in [-0.15, -0.1) is 0 Å². The van der Waals surface area contributed by atoms with Gasteiger partial charge in [0, 0.05) is 6.61 Å². The summed E-state index contributed by atoms with van der Waals surface area (Å²) in [6.07, 6.45) is 4.76. The van der Waals surface area contributed by atoms with E-state index in [0.717, 1.165) is 12.8 Å². The maximum absolute atomic E-state index is 8.66. The molecule has 1 fully saturated rings. The number of likely N-dealkylation sites (tertiary alicyclic amines) is 1. The number of unbranched alkanes of at least 4 members (excludes halogenated alkanes) is 1. The van der Waals surface area contributed by atoms with Crippen molar-refractivity contribution in [2.24, 2.45) is 5.41 Å². The standard InChI is InChI=1S/C11H23NO/c1-11(2)5-8-12(9-6-11)7-3-4-10-13/h13H,3-10H2,1-2H3. The van der Waals surface area contributed by atoms with Gasteiger partial charge in [-0.3, -0.25) is 0 Å². The van der Waals surface area contributed by atoms with E-state index < -0.39 is 0 Å². The smallest absolute Gasteiger partial charge is 0.0431 e. The Bertz CT molecular complexity index is 135. The molecule has 0 spiro atoms. The van der Waals surface area contributed by atoms with E-state index in [1.165, 1.54) is 32.5 Å². The highest BCUT2D eigenvalue weighted by Gasteiger charge is 2.24. The molecule has 78 valence electrons.